The lowest BCUT2D eigenvalue weighted by Gasteiger charge is -2.31. The SMILES string of the molecule is CC1NCCC(O)C1C. The van der Waals surface area contributed by atoms with Crippen LogP contribution in [0.4, 0.5) is 0 Å². The summed E-state index contributed by atoms with van der Waals surface area (Å²) in [6, 6.07) is 0.480. The average molecular weight is 129 g/mol. The van der Waals surface area contributed by atoms with Crippen LogP contribution in [0.3, 0.4) is 0 Å². The third-order valence-electron chi connectivity index (χ3n) is 2.30. The summed E-state index contributed by atoms with van der Waals surface area (Å²) >= 11 is 0. The van der Waals surface area contributed by atoms with Gasteiger partial charge in [-0.15, -0.1) is 0 Å². The lowest BCUT2D eigenvalue weighted by Crippen LogP contribution is -2.45. The fourth-order valence-corrected chi connectivity index (χ4v) is 1.24. The highest BCUT2D eigenvalue weighted by Gasteiger charge is 2.23. The summed E-state index contributed by atoms with van der Waals surface area (Å²) in [5.74, 6) is 0.416. The van der Waals surface area contributed by atoms with Crippen molar-refractivity contribution in [1.82, 2.24) is 5.32 Å². The maximum absolute atomic E-state index is 9.31. The monoisotopic (exact) mass is 129 g/mol. The highest BCUT2D eigenvalue weighted by molar-refractivity contribution is 4.80. The number of aliphatic hydroxyl groups excluding tert-OH is 1. The molecule has 1 aliphatic heterocycles. The normalized spacial score (nSPS) is 45.0. The fourth-order valence-electron chi connectivity index (χ4n) is 1.24. The number of hydrogen-bond donors (Lipinski definition) is 2. The van der Waals surface area contributed by atoms with Crippen LogP contribution in [-0.2, 0) is 0 Å². The van der Waals surface area contributed by atoms with Gasteiger partial charge in [-0.2, -0.15) is 0 Å². The van der Waals surface area contributed by atoms with Crippen LogP contribution in [0, 0.1) is 5.92 Å². The summed E-state index contributed by atoms with van der Waals surface area (Å²) in [5, 5.41) is 12.6. The van der Waals surface area contributed by atoms with Gasteiger partial charge in [0, 0.05) is 6.04 Å². The van der Waals surface area contributed by atoms with Gasteiger partial charge < -0.3 is 10.4 Å². The summed E-state index contributed by atoms with van der Waals surface area (Å²) in [6.45, 7) is 5.17. The van der Waals surface area contributed by atoms with Gasteiger partial charge >= 0.3 is 0 Å². The summed E-state index contributed by atoms with van der Waals surface area (Å²) < 4.78 is 0. The lowest BCUT2D eigenvalue weighted by atomic mass is 9.91. The van der Waals surface area contributed by atoms with Crippen molar-refractivity contribution in [3.05, 3.63) is 0 Å². The van der Waals surface area contributed by atoms with E-state index in [1.54, 1.807) is 0 Å². The summed E-state index contributed by atoms with van der Waals surface area (Å²) in [7, 11) is 0. The molecule has 3 unspecified atom stereocenters. The van der Waals surface area contributed by atoms with Crippen LogP contribution in [0.2, 0.25) is 0 Å². The van der Waals surface area contributed by atoms with Crippen LogP contribution in [0.15, 0.2) is 0 Å². The lowest BCUT2D eigenvalue weighted by molar-refractivity contribution is 0.0661. The van der Waals surface area contributed by atoms with E-state index in [0.717, 1.165) is 13.0 Å². The molecule has 1 saturated heterocycles. The van der Waals surface area contributed by atoms with E-state index in [0.29, 0.717) is 12.0 Å². The van der Waals surface area contributed by atoms with Crippen LogP contribution in [-0.4, -0.2) is 23.8 Å². The molecular formula is C7H15NO. The van der Waals surface area contributed by atoms with E-state index >= 15 is 0 Å². The second kappa shape index (κ2) is 2.67. The Kier molecular flexibility index (Phi) is 2.09. The third-order valence-corrected chi connectivity index (χ3v) is 2.30. The predicted octanol–water partition coefficient (Wildman–Crippen LogP) is 0.365. The molecule has 54 valence electrons. The third kappa shape index (κ3) is 1.43. The first-order chi connectivity index (χ1) is 4.22. The molecule has 2 nitrogen and oxygen atoms in total. The quantitative estimate of drug-likeness (QED) is 0.495. The van der Waals surface area contributed by atoms with Gasteiger partial charge in [-0.1, -0.05) is 6.92 Å². The average Bonchev–Trinajstić information content (AvgIpc) is 1.83. The Labute approximate surface area is 56.3 Å². The molecular weight excluding hydrogens is 114 g/mol. The van der Waals surface area contributed by atoms with Gasteiger partial charge in [-0.25, -0.2) is 0 Å². The first-order valence-electron chi connectivity index (χ1n) is 3.63. The molecule has 9 heavy (non-hydrogen) atoms. The minimum atomic E-state index is -0.0822. The minimum absolute atomic E-state index is 0.0822. The smallest absolute Gasteiger partial charge is 0.0592 e. The van der Waals surface area contributed by atoms with E-state index < -0.39 is 0 Å². The van der Waals surface area contributed by atoms with Crippen molar-refractivity contribution in [2.75, 3.05) is 6.54 Å². The van der Waals surface area contributed by atoms with E-state index in [9.17, 15) is 5.11 Å². The van der Waals surface area contributed by atoms with Crippen LogP contribution in [0.1, 0.15) is 20.3 Å². The first-order valence-corrected chi connectivity index (χ1v) is 3.63. The number of aliphatic hydroxyl groups is 1. The molecule has 1 heterocycles. The number of rotatable bonds is 0. The van der Waals surface area contributed by atoms with Crippen molar-refractivity contribution < 1.29 is 5.11 Å². The Morgan fingerprint density at radius 1 is 1.44 bits per heavy atom. The van der Waals surface area contributed by atoms with E-state index in [1.165, 1.54) is 0 Å². The van der Waals surface area contributed by atoms with Crippen LogP contribution < -0.4 is 5.32 Å². The zero-order valence-electron chi connectivity index (χ0n) is 6.09. The maximum atomic E-state index is 9.31. The van der Waals surface area contributed by atoms with Gasteiger partial charge in [0.2, 0.25) is 0 Å². The molecule has 0 radical (unpaired) electrons. The van der Waals surface area contributed by atoms with Gasteiger partial charge in [-0.3, -0.25) is 0 Å². The summed E-state index contributed by atoms with van der Waals surface area (Å²) in [4.78, 5) is 0. The zero-order chi connectivity index (χ0) is 6.85. The standard InChI is InChI=1S/C7H15NO/c1-5-6(2)8-4-3-7(5)9/h5-9H,3-4H2,1-2H3. The first kappa shape index (κ1) is 7.03. The fraction of sp³-hybridized carbons (Fsp3) is 1.00. The van der Waals surface area contributed by atoms with E-state index in [4.69, 9.17) is 0 Å². The number of piperidine rings is 1. The van der Waals surface area contributed by atoms with Crippen molar-refractivity contribution in [3.8, 4) is 0 Å². The van der Waals surface area contributed by atoms with E-state index in [2.05, 4.69) is 19.2 Å². The largest absolute Gasteiger partial charge is 0.393 e. The molecule has 1 aliphatic rings. The summed E-state index contributed by atoms with van der Waals surface area (Å²) in [5.41, 5.74) is 0. The molecule has 0 spiro atoms. The predicted molar refractivity (Wildman–Crippen MR) is 37.3 cm³/mol. The molecule has 0 aromatic heterocycles. The molecule has 0 amide bonds. The van der Waals surface area contributed by atoms with Gasteiger partial charge in [0.05, 0.1) is 6.10 Å². The van der Waals surface area contributed by atoms with Crippen molar-refractivity contribution in [2.45, 2.75) is 32.4 Å². The van der Waals surface area contributed by atoms with E-state index in [-0.39, 0.29) is 6.10 Å². The van der Waals surface area contributed by atoms with E-state index in [1.807, 2.05) is 0 Å². The second-order valence-electron chi connectivity index (χ2n) is 2.96. The molecule has 2 heteroatoms. The number of nitrogens with one attached hydrogen (secondary N) is 1. The Morgan fingerprint density at radius 3 is 2.56 bits per heavy atom. The van der Waals surface area contributed by atoms with Crippen LogP contribution in [0.25, 0.3) is 0 Å². The minimum Gasteiger partial charge on any atom is -0.393 e. The van der Waals surface area contributed by atoms with Gasteiger partial charge in [0.1, 0.15) is 0 Å². The second-order valence-corrected chi connectivity index (χ2v) is 2.96. The molecule has 1 rings (SSSR count). The van der Waals surface area contributed by atoms with Gasteiger partial charge in [-0.05, 0) is 25.8 Å². The highest BCUT2D eigenvalue weighted by atomic mass is 16.3. The van der Waals surface area contributed by atoms with Crippen molar-refractivity contribution in [3.63, 3.8) is 0 Å². The topological polar surface area (TPSA) is 32.3 Å². The molecule has 1 fully saturated rings. The highest BCUT2D eigenvalue weighted by Crippen LogP contribution is 2.15. The molecule has 0 aromatic rings. The van der Waals surface area contributed by atoms with Gasteiger partial charge in [0.15, 0.2) is 0 Å². The Hall–Kier alpha value is -0.0800. The van der Waals surface area contributed by atoms with Crippen molar-refractivity contribution >= 4 is 0 Å². The summed E-state index contributed by atoms with van der Waals surface area (Å²) in [6.07, 6.45) is 0.826. The Bertz CT molecular complexity index is 84.9. The van der Waals surface area contributed by atoms with Crippen LogP contribution in [0.5, 0.6) is 0 Å². The van der Waals surface area contributed by atoms with Crippen molar-refractivity contribution in [2.24, 2.45) is 5.92 Å². The van der Waals surface area contributed by atoms with Crippen LogP contribution >= 0.6 is 0 Å². The maximum Gasteiger partial charge on any atom is 0.0592 e. The Balaban J connectivity index is 2.41. The molecule has 0 saturated carbocycles. The Morgan fingerprint density at radius 2 is 2.11 bits per heavy atom. The molecule has 2 N–H and O–H groups in total. The molecule has 0 aromatic carbocycles. The molecule has 3 atom stereocenters. The zero-order valence-corrected chi connectivity index (χ0v) is 6.09. The molecule has 0 aliphatic carbocycles. The van der Waals surface area contributed by atoms with Crippen molar-refractivity contribution in [1.29, 1.82) is 0 Å². The number of hydrogen-bond acceptors (Lipinski definition) is 2. The van der Waals surface area contributed by atoms with Gasteiger partial charge in [0.25, 0.3) is 0 Å². The molecule has 0 bridgehead atoms.